The lowest BCUT2D eigenvalue weighted by Gasteiger charge is -1.90. The van der Waals surface area contributed by atoms with Gasteiger partial charge >= 0.3 is 0 Å². The Labute approximate surface area is 80.8 Å². The highest BCUT2D eigenvalue weighted by Crippen LogP contribution is 1.61. The van der Waals surface area contributed by atoms with Gasteiger partial charge in [0.1, 0.15) is 0 Å². The Morgan fingerprint density at radius 3 is 1.83 bits per heavy atom. The van der Waals surface area contributed by atoms with Gasteiger partial charge in [-0.15, -0.1) is 12.4 Å². The highest BCUT2D eigenvalue weighted by Gasteiger charge is 1.83. The van der Waals surface area contributed by atoms with Gasteiger partial charge in [0, 0.05) is 6.54 Å². The van der Waals surface area contributed by atoms with Gasteiger partial charge in [-0.3, -0.25) is 4.79 Å². The molecule has 0 aromatic heterocycles. The van der Waals surface area contributed by atoms with Crippen molar-refractivity contribution in [2.75, 3.05) is 20.6 Å². The van der Waals surface area contributed by atoms with E-state index >= 15 is 0 Å². The van der Waals surface area contributed by atoms with Gasteiger partial charge in [0.25, 0.3) is 0 Å². The van der Waals surface area contributed by atoms with E-state index in [0.717, 1.165) is 0 Å². The Kier molecular flexibility index (Phi) is 59.1. The second-order valence-corrected chi connectivity index (χ2v) is 1.10. The number of nitrogens with one attached hydrogen (secondary N) is 1. The van der Waals surface area contributed by atoms with E-state index in [4.69, 9.17) is 0 Å². The maximum absolute atomic E-state index is 10.2. The zero-order valence-corrected chi connectivity index (χ0v) is 8.78. The van der Waals surface area contributed by atoms with Crippen molar-refractivity contribution in [1.82, 2.24) is 5.32 Å². The molecule has 0 rings (SSSR count). The Hall–Kier alpha value is -0.580. The predicted octanol–water partition coefficient (Wildman–Crippen LogP) is -0.120. The normalized spacial score (nSPS) is 5.42. The number of rotatable bonds is 2. The molecule has 0 aliphatic heterocycles. The fourth-order valence-electron chi connectivity index (χ4n) is 0.246. The Bertz CT molecular complexity index is 88.7. The molecule has 0 radical (unpaired) electrons. The fraction of sp³-hybridized carbons (Fsp3) is 0.571. The zero-order chi connectivity index (χ0) is 9.70. The van der Waals surface area contributed by atoms with Crippen LogP contribution in [0.1, 0.15) is 6.92 Å². The number of carbonyl (C=O) groups is 1. The maximum atomic E-state index is 10.2. The maximum Gasteiger partial charge on any atom is 0.243 e. The van der Waals surface area contributed by atoms with Gasteiger partial charge in [-0.25, -0.2) is 0 Å². The van der Waals surface area contributed by atoms with Gasteiger partial charge in [0.05, 0.1) is 0 Å². The standard InChI is InChI=1S/C5H9NO.2CH5N.ClH/c1-3-5(7)6-4-2;2*1-2;/h3H,1,4H2,2H3,(H,6,7);2*2H2,1H3;1H. The van der Waals surface area contributed by atoms with E-state index < -0.39 is 0 Å². The van der Waals surface area contributed by atoms with Crippen molar-refractivity contribution in [1.29, 1.82) is 0 Å². The number of hydrogen-bond donors (Lipinski definition) is 3. The summed E-state index contributed by atoms with van der Waals surface area (Å²) in [6.45, 7) is 5.80. The first-order chi connectivity index (χ1) is 5.31. The number of halogens is 1. The molecule has 0 aliphatic rings. The first-order valence-electron chi connectivity index (χ1n) is 3.37. The molecule has 0 aliphatic carbocycles. The number of carbonyl (C=O) groups excluding carboxylic acids is 1. The summed E-state index contributed by atoms with van der Waals surface area (Å²) in [6.07, 6.45) is 1.25. The highest BCUT2D eigenvalue weighted by molar-refractivity contribution is 5.86. The summed E-state index contributed by atoms with van der Waals surface area (Å²) in [4.78, 5) is 10.2. The Morgan fingerprint density at radius 2 is 1.75 bits per heavy atom. The number of nitrogens with two attached hydrogens (primary N) is 2. The summed E-state index contributed by atoms with van der Waals surface area (Å²) >= 11 is 0. The third-order valence-electron chi connectivity index (χ3n) is 0.536. The van der Waals surface area contributed by atoms with Crippen molar-refractivity contribution in [2.45, 2.75) is 6.92 Å². The van der Waals surface area contributed by atoms with Crippen LogP contribution in [-0.4, -0.2) is 26.5 Å². The largest absolute Gasteiger partial charge is 0.353 e. The van der Waals surface area contributed by atoms with Crippen LogP contribution in [0, 0.1) is 0 Å². The van der Waals surface area contributed by atoms with Gasteiger partial charge in [0.2, 0.25) is 5.91 Å². The van der Waals surface area contributed by atoms with E-state index in [2.05, 4.69) is 23.4 Å². The minimum atomic E-state index is -0.109. The van der Waals surface area contributed by atoms with E-state index in [1.54, 1.807) is 0 Å². The van der Waals surface area contributed by atoms with Crippen LogP contribution < -0.4 is 16.8 Å². The quantitative estimate of drug-likeness (QED) is 0.540. The van der Waals surface area contributed by atoms with E-state index in [1.165, 1.54) is 20.2 Å². The molecule has 5 N–H and O–H groups in total. The van der Waals surface area contributed by atoms with E-state index in [1.807, 2.05) is 6.92 Å². The summed E-state index contributed by atoms with van der Waals surface area (Å²) in [5.74, 6) is -0.109. The first kappa shape index (κ1) is 22.5. The fourth-order valence-corrected chi connectivity index (χ4v) is 0.246. The summed E-state index contributed by atoms with van der Waals surface area (Å²) in [5.41, 5.74) is 9.00. The van der Waals surface area contributed by atoms with Crippen molar-refractivity contribution in [3.8, 4) is 0 Å². The molecule has 0 spiro atoms. The number of hydrogen-bond acceptors (Lipinski definition) is 3. The molecule has 76 valence electrons. The van der Waals surface area contributed by atoms with Crippen LogP contribution in [0.2, 0.25) is 0 Å². The molecule has 12 heavy (non-hydrogen) atoms. The van der Waals surface area contributed by atoms with Gasteiger partial charge in [0.15, 0.2) is 0 Å². The van der Waals surface area contributed by atoms with E-state index in [-0.39, 0.29) is 18.3 Å². The molecular weight excluding hydrogens is 178 g/mol. The second-order valence-electron chi connectivity index (χ2n) is 1.10. The van der Waals surface area contributed by atoms with Crippen LogP contribution in [0.5, 0.6) is 0 Å². The average Bonchev–Trinajstić information content (AvgIpc) is 2.12. The second kappa shape index (κ2) is 31.5. The van der Waals surface area contributed by atoms with Crippen LogP contribution in [-0.2, 0) is 4.79 Å². The molecule has 0 heterocycles. The van der Waals surface area contributed by atoms with Crippen molar-refractivity contribution in [3.63, 3.8) is 0 Å². The lowest BCUT2D eigenvalue weighted by molar-refractivity contribution is -0.116. The predicted molar refractivity (Wildman–Crippen MR) is 56.4 cm³/mol. The molecule has 0 bridgehead atoms. The summed E-state index contributed by atoms with van der Waals surface area (Å²) in [7, 11) is 3.00. The summed E-state index contributed by atoms with van der Waals surface area (Å²) < 4.78 is 0. The van der Waals surface area contributed by atoms with Gasteiger partial charge in [-0.2, -0.15) is 0 Å². The molecule has 5 heteroatoms. The minimum absolute atomic E-state index is 0. The molecule has 0 fully saturated rings. The van der Waals surface area contributed by atoms with Gasteiger partial charge in [-0.05, 0) is 27.1 Å². The first-order valence-corrected chi connectivity index (χ1v) is 3.37. The van der Waals surface area contributed by atoms with Crippen LogP contribution >= 0.6 is 12.4 Å². The monoisotopic (exact) mass is 197 g/mol. The van der Waals surface area contributed by atoms with Crippen LogP contribution in [0.15, 0.2) is 12.7 Å². The molecule has 4 nitrogen and oxygen atoms in total. The summed E-state index contributed by atoms with van der Waals surface area (Å²) in [5, 5.41) is 2.54. The topological polar surface area (TPSA) is 81.1 Å². The van der Waals surface area contributed by atoms with Gasteiger partial charge in [-0.1, -0.05) is 6.58 Å². The lowest BCUT2D eigenvalue weighted by Crippen LogP contribution is -2.19. The average molecular weight is 198 g/mol. The van der Waals surface area contributed by atoms with E-state index in [9.17, 15) is 4.79 Å². The molecule has 0 unspecified atom stereocenters. The SMILES string of the molecule is C=CC(=O)NCC.CN.CN.Cl. The highest BCUT2D eigenvalue weighted by atomic mass is 35.5. The molecule has 0 saturated heterocycles. The van der Waals surface area contributed by atoms with Crippen LogP contribution in [0.25, 0.3) is 0 Å². The molecular formula is C7H20ClN3O. The minimum Gasteiger partial charge on any atom is -0.353 e. The molecule has 0 atom stereocenters. The smallest absolute Gasteiger partial charge is 0.243 e. The number of likely N-dealkylation sites (N-methyl/N-ethyl adjacent to an activating group) is 1. The molecule has 0 aromatic carbocycles. The Balaban J connectivity index is -0.0000000560. The lowest BCUT2D eigenvalue weighted by atomic mass is 10.6. The van der Waals surface area contributed by atoms with Crippen molar-refractivity contribution < 1.29 is 4.79 Å². The van der Waals surface area contributed by atoms with E-state index in [0.29, 0.717) is 6.54 Å². The van der Waals surface area contributed by atoms with Crippen molar-refractivity contribution in [3.05, 3.63) is 12.7 Å². The zero-order valence-electron chi connectivity index (χ0n) is 7.96. The van der Waals surface area contributed by atoms with Crippen molar-refractivity contribution in [2.24, 2.45) is 11.5 Å². The summed E-state index contributed by atoms with van der Waals surface area (Å²) in [6, 6.07) is 0. The third kappa shape index (κ3) is 34.2. The van der Waals surface area contributed by atoms with Crippen LogP contribution in [0.4, 0.5) is 0 Å². The molecule has 0 saturated carbocycles. The Morgan fingerprint density at radius 1 is 1.42 bits per heavy atom. The molecule has 1 amide bonds. The van der Waals surface area contributed by atoms with Gasteiger partial charge < -0.3 is 16.8 Å². The van der Waals surface area contributed by atoms with Crippen molar-refractivity contribution >= 4 is 18.3 Å². The molecule has 0 aromatic rings. The third-order valence-corrected chi connectivity index (χ3v) is 0.536. The number of amides is 1. The van der Waals surface area contributed by atoms with Crippen LogP contribution in [0.3, 0.4) is 0 Å².